The van der Waals surface area contributed by atoms with Crippen molar-refractivity contribution < 1.29 is 8.78 Å². The van der Waals surface area contributed by atoms with Crippen LogP contribution in [0.3, 0.4) is 0 Å². The number of aromatic nitrogens is 3. The summed E-state index contributed by atoms with van der Waals surface area (Å²) in [5, 5.41) is 2.85. The monoisotopic (exact) mass is 316 g/mol. The van der Waals surface area contributed by atoms with E-state index in [2.05, 4.69) is 15.3 Å². The normalized spacial score (nSPS) is 10.9. The quantitative estimate of drug-likeness (QED) is 0.804. The summed E-state index contributed by atoms with van der Waals surface area (Å²) in [7, 11) is 0. The lowest BCUT2D eigenvalue weighted by Gasteiger charge is -2.11. The first-order valence-electron chi connectivity index (χ1n) is 7.12. The number of benzene rings is 1. The van der Waals surface area contributed by atoms with Gasteiger partial charge in [0, 0.05) is 25.4 Å². The van der Waals surface area contributed by atoms with Crippen molar-refractivity contribution in [3.05, 3.63) is 64.2 Å². The summed E-state index contributed by atoms with van der Waals surface area (Å²) in [5.41, 5.74) is 1.35. The number of hydrogen-bond donors (Lipinski definition) is 1. The van der Waals surface area contributed by atoms with Gasteiger partial charge in [0.05, 0.1) is 17.2 Å². The van der Waals surface area contributed by atoms with Crippen LogP contribution in [-0.2, 0) is 13.1 Å². The third kappa shape index (κ3) is 3.03. The van der Waals surface area contributed by atoms with Crippen molar-refractivity contribution in [3.8, 4) is 0 Å². The number of rotatable bonds is 4. The number of nitrogens with one attached hydrogen (secondary N) is 1. The summed E-state index contributed by atoms with van der Waals surface area (Å²) >= 11 is 0. The molecule has 2 heterocycles. The van der Waals surface area contributed by atoms with E-state index in [-0.39, 0.29) is 17.9 Å². The Bertz CT molecular complexity index is 903. The molecule has 0 amide bonds. The van der Waals surface area contributed by atoms with Crippen LogP contribution in [0.25, 0.3) is 11.0 Å². The third-order valence-corrected chi connectivity index (χ3v) is 3.45. The summed E-state index contributed by atoms with van der Waals surface area (Å²) in [5.74, 6) is -1.19. The topological polar surface area (TPSA) is 59.8 Å². The molecule has 3 rings (SSSR count). The zero-order valence-corrected chi connectivity index (χ0v) is 12.4. The van der Waals surface area contributed by atoms with E-state index < -0.39 is 11.6 Å². The molecule has 0 radical (unpaired) electrons. The number of fused-ring (bicyclic) bond motifs is 1. The molecule has 0 fully saturated rings. The number of aryl methyl sites for hydroxylation is 1. The van der Waals surface area contributed by atoms with Crippen molar-refractivity contribution >= 4 is 16.9 Å². The fourth-order valence-electron chi connectivity index (χ4n) is 2.41. The maximum absolute atomic E-state index is 13.2. The van der Waals surface area contributed by atoms with Gasteiger partial charge >= 0.3 is 0 Å². The molecule has 0 atom stereocenters. The second-order valence-corrected chi connectivity index (χ2v) is 5.01. The standard InChI is InChI=1S/C16H14F2N4O/c1-2-22-14-9-19-4-3-13(14)21-15(16(22)23)20-8-10-5-11(17)7-12(18)6-10/h3-7,9H,2,8H2,1H3,(H,20,21). The van der Waals surface area contributed by atoms with E-state index >= 15 is 0 Å². The van der Waals surface area contributed by atoms with Crippen LogP contribution in [0.1, 0.15) is 12.5 Å². The molecule has 3 aromatic rings. The van der Waals surface area contributed by atoms with Crippen LogP contribution >= 0.6 is 0 Å². The van der Waals surface area contributed by atoms with Gasteiger partial charge in [-0.05, 0) is 30.7 Å². The molecule has 1 aromatic carbocycles. The van der Waals surface area contributed by atoms with Gasteiger partial charge in [0.25, 0.3) is 5.56 Å². The van der Waals surface area contributed by atoms with Crippen molar-refractivity contribution in [3.63, 3.8) is 0 Å². The van der Waals surface area contributed by atoms with Gasteiger partial charge in [0.1, 0.15) is 11.6 Å². The van der Waals surface area contributed by atoms with Gasteiger partial charge in [-0.15, -0.1) is 0 Å². The molecule has 2 aromatic heterocycles. The molecule has 0 aliphatic carbocycles. The van der Waals surface area contributed by atoms with E-state index in [1.54, 1.807) is 23.0 Å². The van der Waals surface area contributed by atoms with Crippen LogP contribution < -0.4 is 10.9 Å². The van der Waals surface area contributed by atoms with Crippen molar-refractivity contribution in [2.75, 3.05) is 5.32 Å². The fourth-order valence-corrected chi connectivity index (χ4v) is 2.41. The summed E-state index contributed by atoms with van der Waals surface area (Å²) in [4.78, 5) is 20.7. The Hall–Kier alpha value is -2.83. The van der Waals surface area contributed by atoms with E-state index in [1.165, 1.54) is 12.1 Å². The first-order chi connectivity index (χ1) is 11.1. The van der Waals surface area contributed by atoms with Gasteiger partial charge in [-0.2, -0.15) is 0 Å². The molecule has 0 saturated heterocycles. The second kappa shape index (κ2) is 6.12. The van der Waals surface area contributed by atoms with Gasteiger partial charge in [-0.25, -0.2) is 13.8 Å². The maximum Gasteiger partial charge on any atom is 0.293 e. The highest BCUT2D eigenvalue weighted by Crippen LogP contribution is 2.12. The van der Waals surface area contributed by atoms with Crippen molar-refractivity contribution in [2.24, 2.45) is 0 Å². The highest BCUT2D eigenvalue weighted by Gasteiger charge is 2.10. The minimum Gasteiger partial charge on any atom is -0.361 e. The van der Waals surface area contributed by atoms with Gasteiger partial charge in [0.15, 0.2) is 5.82 Å². The average molecular weight is 316 g/mol. The van der Waals surface area contributed by atoms with Crippen LogP contribution in [0.4, 0.5) is 14.6 Å². The molecule has 0 aliphatic heterocycles. The molecule has 23 heavy (non-hydrogen) atoms. The Kier molecular flexibility index (Phi) is 4.01. The van der Waals surface area contributed by atoms with E-state index in [9.17, 15) is 13.6 Å². The first kappa shape index (κ1) is 15.1. The molecule has 0 aliphatic rings. The molecular weight excluding hydrogens is 302 g/mol. The van der Waals surface area contributed by atoms with Crippen LogP contribution in [0.2, 0.25) is 0 Å². The molecule has 0 bridgehead atoms. The molecule has 1 N–H and O–H groups in total. The summed E-state index contributed by atoms with van der Waals surface area (Å²) in [6.45, 7) is 2.41. The minimum atomic E-state index is -0.662. The average Bonchev–Trinajstić information content (AvgIpc) is 2.52. The van der Waals surface area contributed by atoms with Crippen molar-refractivity contribution in [2.45, 2.75) is 20.0 Å². The fraction of sp³-hybridized carbons (Fsp3) is 0.188. The van der Waals surface area contributed by atoms with E-state index in [0.717, 1.165) is 6.07 Å². The Morgan fingerprint density at radius 1 is 1.22 bits per heavy atom. The smallest absolute Gasteiger partial charge is 0.293 e. The SMILES string of the molecule is CCn1c(=O)c(NCc2cc(F)cc(F)c2)nc2ccncc21. The number of anilines is 1. The Morgan fingerprint density at radius 3 is 2.65 bits per heavy atom. The number of halogens is 2. The minimum absolute atomic E-state index is 0.0945. The van der Waals surface area contributed by atoms with Gasteiger partial charge in [-0.1, -0.05) is 0 Å². The zero-order chi connectivity index (χ0) is 16.4. The lowest BCUT2D eigenvalue weighted by atomic mass is 10.2. The number of nitrogens with zero attached hydrogens (tertiary/aromatic N) is 3. The molecule has 0 unspecified atom stereocenters. The molecule has 7 heteroatoms. The molecular formula is C16H14F2N4O. The second-order valence-electron chi connectivity index (χ2n) is 5.01. The van der Waals surface area contributed by atoms with E-state index in [1.807, 2.05) is 6.92 Å². The summed E-state index contributed by atoms with van der Waals surface area (Å²) < 4.78 is 28.0. The van der Waals surface area contributed by atoms with Crippen molar-refractivity contribution in [1.82, 2.24) is 14.5 Å². The predicted octanol–water partition coefficient (Wildman–Crippen LogP) is 2.70. The Morgan fingerprint density at radius 2 is 1.96 bits per heavy atom. The predicted molar refractivity (Wildman–Crippen MR) is 83.2 cm³/mol. The van der Waals surface area contributed by atoms with E-state index in [4.69, 9.17) is 0 Å². The van der Waals surface area contributed by atoms with Crippen LogP contribution in [0, 0.1) is 11.6 Å². The lowest BCUT2D eigenvalue weighted by molar-refractivity contribution is 0.580. The third-order valence-electron chi connectivity index (χ3n) is 3.45. The lowest BCUT2D eigenvalue weighted by Crippen LogP contribution is -2.25. The van der Waals surface area contributed by atoms with Crippen molar-refractivity contribution in [1.29, 1.82) is 0 Å². The summed E-state index contributed by atoms with van der Waals surface area (Å²) in [6.07, 6.45) is 3.17. The summed E-state index contributed by atoms with van der Waals surface area (Å²) in [6, 6.07) is 4.92. The Labute approximate surface area is 130 Å². The molecule has 5 nitrogen and oxygen atoms in total. The maximum atomic E-state index is 13.2. The highest BCUT2D eigenvalue weighted by atomic mass is 19.1. The number of hydrogen-bond acceptors (Lipinski definition) is 4. The largest absolute Gasteiger partial charge is 0.361 e. The van der Waals surface area contributed by atoms with Gasteiger partial charge in [-0.3, -0.25) is 9.78 Å². The molecule has 0 saturated carbocycles. The van der Waals surface area contributed by atoms with Gasteiger partial charge < -0.3 is 9.88 Å². The van der Waals surface area contributed by atoms with Crippen LogP contribution in [0.15, 0.2) is 41.5 Å². The number of pyridine rings is 1. The first-order valence-corrected chi connectivity index (χ1v) is 7.12. The zero-order valence-electron chi connectivity index (χ0n) is 12.4. The highest BCUT2D eigenvalue weighted by molar-refractivity contribution is 5.75. The molecule has 0 spiro atoms. The Balaban J connectivity index is 1.97. The van der Waals surface area contributed by atoms with Crippen LogP contribution in [-0.4, -0.2) is 14.5 Å². The van der Waals surface area contributed by atoms with Gasteiger partial charge in [0.2, 0.25) is 0 Å². The van der Waals surface area contributed by atoms with E-state index in [0.29, 0.717) is 23.1 Å². The molecule has 118 valence electrons. The van der Waals surface area contributed by atoms with Crippen LogP contribution in [0.5, 0.6) is 0 Å².